The maximum Gasteiger partial charge on any atom is 0.351 e. The molecule has 0 radical (unpaired) electrons. The molecule has 1 aromatic carbocycles. The molecular weight excluding hydrogens is 332 g/mol. The number of esters is 1. The smallest absolute Gasteiger partial charge is 0.351 e. The molecule has 6 nitrogen and oxygen atoms in total. The molecule has 136 valence electrons. The van der Waals surface area contributed by atoms with Crippen molar-refractivity contribution in [3.8, 4) is 5.69 Å². The lowest BCUT2D eigenvalue weighted by molar-refractivity contribution is 0.00641. The van der Waals surface area contributed by atoms with Crippen molar-refractivity contribution in [1.82, 2.24) is 14.3 Å². The summed E-state index contributed by atoms with van der Waals surface area (Å²) in [5.41, 5.74) is -2.33. The van der Waals surface area contributed by atoms with Crippen molar-refractivity contribution in [3.05, 3.63) is 45.6 Å². The molecule has 0 spiro atoms. The Hall–Kier alpha value is -2.51. The average molecular weight is 353 g/mol. The van der Waals surface area contributed by atoms with Crippen LogP contribution in [-0.4, -0.2) is 25.9 Å². The van der Waals surface area contributed by atoms with Crippen molar-refractivity contribution in [2.45, 2.75) is 53.2 Å². The van der Waals surface area contributed by atoms with Gasteiger partial charge in [0.15, 0.2) is 0 Å². The van der Waals surface area contributed by atoms with Crippen LogP contribution in [0.3, 0.4) is 0 Å². The van der Waals surface area contributed by atoms with Crippen LogP contribution in [0.4, 0.5) is 8.78 Å². The van der Waals surface area contributed by atoms with Gasteiger partial charge in [-0.25, -0.2) is 18.4 Å². The molecule has 0 aliphatic rings. The topological polar surface area (TPSA) is 66.1 Å². The summed E-state index contributed by atoms with van der Waals surface area (Å²) in [4.78, 5) is 24.4. The molecule has 1 heterocycles. The zero-order valence-corrected chi connectivity index (χ0v) is 15.1. The number of aromatic nitrogens is 3. The average Bonchev–Trinajstić information content (AvgIpc) is 2.73. The van der Waals surface area contributed by atoms with Crippen LogP contribution in [0.25, 0.3) is 5.69 Å². The molecular formula is C17H21F2N3O3. The zero-order chi connectivity index (χ0) is 19.1. The number of hydrogen-bond acceptors (Lipinski definition) is 4. The van der Waals surface area contributed by atoms with E-state index in [-0.39, 0.29) is 11.7 Å². The second kappa shape index (κ2) is 6.42. The number of carbonyl (C=O) groups is 1. The van der Waals surface area contributed by atoms with Gasteiger partial charge in [-0.15, -0.1) is 0 Å². The third kappa shape index (κ3) is 3.78. The number of rotatable bonds is 3. The van der Waals surface area contributed by atoms with Gasteiger partial charge in [-0.05, 0) is 47.6 Å². The highest BCUT2D eigenvalue weighted by Gasteiger charge is 2.24. The second-order valence-corrected chi connectivity index (χ2v) is 6.99. The Morgan fingerprint density at radius 3 is 2.28 bits per heavy atom. The number of nitrogens with zero attached hydrogens (tertiary/aromatic N) is 3. The molecule has 0 saturated carbocycles. The Morgan fingerprint density at radius 2 is 1.80 bits per heavy atom. The Balaban J connectivity index is 2.54. The third-order valence-electron chi connectivity index (χ3n) is 3.38. The van der Waals surface area contributed by atoms with Crippen molar-refractivity contribution >= 4 is 5.97 Å². The van der Waals surface area contributed by atoms with Gasteiger partial charge in [-0.3, -0.25) is 4.57 Å². The highest BCUT2D eigenvalue weighted by molar-refractivity contribution is 5.90. The van der Waals surface area contributed by atoms with Crippen molar-refractivity contribution in [1.29, 1.82) is 0 Å². The van der Waals surface area contributed by atoms with Gasteiger partial charge in [-0.1, -0.05) is 0 Å². The number of halogens is 2. The molecule has 0 bridgehead atoms. The SMILES string of the molecule is Cc1nn(-c2cc(F)c(C(=O)OC(C)(C)C)cc2F)c(=O)n1C(C)C. The van der Waals surface area contributed by atoms with Crippen LogP contribution in [0.1, 0.15) is 56.8 Å². The summed E-state index contributed by atoms with van der Waals surface area (Å²) in [6, 6.07) is 1.30. The van der Waals surface area contributed by atoms with Crippen LogP contribution < -0.4 is 5.69 Å². The van der Waals surface area contributed by atoms with E-state index >= 15 is 0 Å². The van der Waals surface area contributed by atoms with Crippen LogP contribution in [0, 0.1) is 18.6 Å². The summed E-state index contributed by atoms with van der Waals surface area (Å²) in [6.45, 7) is 10.0. The molecule has 0 saturated heterocycles. The van der Waals surface area contributed by atoms with E-state index in [0.717, 1.165) is 16.8 Å². The lowest BCUT2D eigenvalue weighted by Crippen LogP contribution is -2.27. The number of hydrogen-bond donors (Lipinski definition) is 0. The van der Waals surface area contributed by atoms with Crippen molar-refractivity contribution in [3.63, 3.8) is 0 Å². The maximum absolute atomic E-state index is 14.4. The summed E-state index contributed by atoms with van der Waals surface area (Å²) in [7, 11) is 0. The van der Waals surface area contributed by atoms with Gasteiger partial charge in [0.2, 0.25) is 0 Å². The number of carbonyl (C=O) groups excluding carboxylic acids is 1. The zero-order valence-electron chi connectivity index (χ0n) is 15.1. The van der Waals surface area contributed by atoms with E-state index in [2.05, 4.69) is 5.10 Å². The molecule has 0 aliphatic carbocycles. The fourth-order valence-corrected chi connectivity index (χ4v) is 2.42. The molecule has 2 aromatic rings. The molecule has 0 fully saturated rings. The van der Waals surface area contributed by atoms with Crippen LogP contribution in [0.5, 0.6) is 0 Å². The summed E-state index contributed by atoms with van der Waals surface area (Å²) < 4.78 is 36.0. The number of aryl methyl sites for hydroxylation is 1. The van der Waals surface area contributed by atoms with E-state index in [0.29, 0.717) is 5.82 Å². The van der Waals surface area contributed by atoms with E-state index in [1.54, 1.807) is 41.5 Å². The van der Waals surface area contributed by atoms with Crippen LogP contribution in [0.15, 0.2) is 16.9 Å². The molecule has 8 heteroatoms. The van der Waals surface area contributed by atoms with Crippen LogP contribution in [-0.2, 0) is 4.74 Å². The van der Waals surface area contributed by atoms with Crippen molar-refractivity contribution in [2.24, 2.45) is 0 Å². The largest absolute Gasteiger partial charge is 0.456 e. The first kappa shape index (κ1) is 18.8. The van der Waals surface area contributed by atoms with E-state index in [4.69, 9.17) is 4.74 Å². The minimum Gasteiger partial charge on any atom is -0.456 e. The van der Waals surface area contributed by atoms with E-state index in [9.17, 15) is 18.4 Å². The fraction of sp³-hybridized carbons (Fsp3) is 0.471. The fourth-order valence-electron chi connectivity index (χ4n) is 2.42. The summed E-state index contributed by atoms with van der Waals surface area (Å²) in [5, 5.41) is 3.98. The predicted octanol–water partition coefficient (Wildman–Crippen LogP) is 3.16. The molecule has 0 amide bonds. The summed E-state index contributed by atoms with van der Waals surface area (Å²) >= 11 is 0. The Morgan fingerprint density at radius 1 is 1.20 bits per heavy atom. The molecule has 0 unspecified atom stereocenters. The quantitative estimate of drug-likeness (QED) is 0.795. The molecule has 0 aliphatic heterocycles. The summed E-state index contributed by atoms with van der Waals surface area (Å²) in [6.07, 6.45) is 0. The van der Waals surface area contributed by atoms with Gasteiger partial charge in [0.25, 0.3) is 0 Å². The first-order chi connectivity index (χ1) is 11.4. The minimum atomic E-state index is -0.991. The Labute approximate surface area is 144 Å². The highest BCUT2D eigenvalue weighted by atomic mass is 19.1. The molecule has 1 aromatic heterocycles. The van der Waals surface area contributed by atoms with Gasteiger partial charge in [-0.2, -0.15) is 9.78 Å². The second-order valence-electron chi connectivity index (χ2n) is 6.99. The molecule has 2 rings (SSSR count). The molecule has 0 N–H and O–H groups in total. The van der Waals surface area contributed by atoms with Gasteiger partial charge >= 0.3 is 11.7 Å². The third-order valence-corrected chi connectivity index (χ3v) is 3.38. The van der Waals surface area contributed by atoms with E-state index in [1.807, 2.05) is 0 Å². The van der Waals surface area contributed by atoms with Gasteiger partial charge < -0.3 is 4.74 Å². The van der Waals surface area contributed by atoms with Crippen molar-refractivity contribution < 1.29 is 18.3 Å². The number of ether oxygens (including phenoxy) is 1. The Kier molecular flexibility index (Phi) is 4.83. The lowest BCUT2D eigenvalue weighted by atomic mass is 10.1. The summed E-state index contributed by atoms with van der Waals surface area (Å²) in [5.74, 6) is -2.55. The van der Waals surface area contributed by atoms with Crippen molar-refractivity contribution in [2.75, 3.05) is 0 Å². The van der Waals surface area contributed by atoms with Crippen LogP contribution in [0.2, 0.25) is 0 Å². The van der Waals surface area contributed by atoms with Gasteiger partial charge in [0, 0.05) is 12.1 Å². The van der Waals surface area contributed by atoms with E-state index in [1.165, 1.54) is 4.57 Å². The molecule has 0 atom stereocenters. The first-order valence-corrected chi connectivity index (χ1v) is 7.83. The number of benzene rings is 1. The lowest BCUT2D eigenvalue weighted by Gasteiger charge is -2.19. The minimum absolute atomic E-state index is 0.185. The normalized spacial score (nSPS) is 11.9. The highest BCUT2D eigenvalue weighted by Crippen LogP contribution is 2.20. The van der Waals surface area contributed by atoms with E-state index < -0.39 is 34.5 Å². The monoisotopic (exact) mass is 353 g/mol. The van der Waals surface area contributed by atoms with Gasteiger partial charge in [0.1, 0.15) is 28.7 Å². The molecule has 25 heavy (non-hydrogen) atoms. The Bertz CT molecular complexity index is 876. The standard InChI is InChI=1S/C17H21F2N3O3/c1-9(2)21-10(3)20-22(16(21)24)14-8-12(18)11(7-13(14)19)15(23)25-17(4,5)6/h7-9H,1-6H3. The van der Waals surface area contributed by atoms with Gasteiger partial charge in [0.05, 0.1) is 5.56 Å². The maximum atomic E-state index is 14.4. The first-order valence-electron chi connectivity index (χ1n) is 7.83. The van der Waals surface area contributed by atoms with Crippen LogP contribution >= 0.6 is 0 Å². The predicted molar refractivity (Wildman–Crippen MR) is 88.0 cm³/mol.